The van der Waals surface area contributed by atoms with Gasteiger partial charge in [0.15, 0.2) is 5.82 Å². The van der Waals surface area contributed by atoms with Crippen LogP contribution >= 0.6 is 0 Å². The third-order valence-corrected chi connectivity index (χ3v) is 13.3. The minimum Gasteiger partial charge on any atom is -0.335 e. The predicted molar refractivity (Wildman–Crippen MR) is 264 cm³/mol. The summed E-state index contributed by atoms with van der Waals surface area (Å²) in [7, 11) is 0. The standard InChI is InChI=1S/C56H60N8O/c1-4-6-22-39-62(55(65)57-45-30-18-11-19-31-45)46-37-38-52-50(40-46)58-53(36-7-5-2)63(52)51-35-23-34-47(41(51)3)48-32-20-21-33-49(48)54-59-60-61-64(54)56(42-24-12-8-13-25-42,43-26-14-9-15-27-43)44-28-16-10-17-29-44/h8-10,12-17,20-21,23-29,32-35,37-38,40,45H,4-7,11,18-19,22,30-31,36,39H2,1-3H3,(H,57,65). The van der Waals surface area contributed by atoms with Gasteiger partial charge in [-0.15, -0.1) is 5.10 Å². The molecule has 1 aliphatic carbocycles. The number of hydrogen-bond acceptors (Lipinski definition) is 5. The number of aromatic nitrogens is 6. The van der Waals surface area contributed by atoms with Crippen molar-refractivity contribution in [3.05, 3.63) is 180 Å². The Bertz CT molecular complexity index is 2730. The molecular weight excluding hydrogens is 801 g/mol. The van der Waals surface area contributed by atoms with Gasteiger partial charge in [-0.1, -0.05) is 180 Å². The zero-order chi connectivity index (χ0) is 44.6. The Morgan fingerprint density at radius 2 is 1.31 bits per heavy atom. The molecule has 2 heterocycles. The Kier molecular flexibility index (Phi) is 13.3. The molecule has 65 heavy (non-hydrogen) atoms. The predicted octanol–water partition coefficient (Wildman–Crippen LogP) is 12.9. The van der Waals surface area contributed by atoms with E-state index < -0.39 is 5.54 Å². The van der Waals surface area contributed by atoms with E-state index in [0.717, 1.165) is 119 Å². The smallest absolute Gasteiger partial charge is 0.322 e. The number of nitrogens with one attached hydrogen (secondary N) is 1. The molecule has 0 bridgehead atoms. The molecular formula is C56H60N8O. The van der Waals surface area contributed by atoms with E-state index in [2.05, 4.69) is 169 Å². The fourth-order valence-electron chi connectivity index (χ4n) is 9.98. The summed E-state index contributed by atoms with van der Waals surface area (Å²) >= 11 is 0. The topological polar surface area (TPSA) is 93.8 Å². The number of fused-ring (bicyclic) bond motifs is 1. The number of carbonyl (C=O) groups is 1. The minimum atomic E-state index is -0.891. The van der Waals surface area contributed by atoms with Crippen LogP contribution in [0, 0.1) is 6.92 Å². The van der Waals surface area contributed by atoms with Crippen molar-refractivity contribution in [2.45, 2.75) is 103 Å². The summed E-state index contributed by atoms with van der Waals surface area (Å²) < 4.78 is 4.35. The normalized spacial score (nSPS) is 13.3. The fraction of sp³-hybridized carbons (Fsp3) is 0.304. The maximum absolute atomic E-state index is 14.0. The molecule has 1 aliphatic rings. The lowest BCUT2D eigenvalue weighted by Crippen LogP contribution is -2.46. The van der Waals surface area contributed by atoms with Crippen LogP contribution in [0.15, 0.2) is 152 Å². The Hall–Kier alpha value is -6.87. The first-order valence-corrected chi connectivity index (χ1v) is 23.8. The lowest BCUT2D eigenvalue weighted by atomic mass is 9.77. The van der Waals surface area contributed by atoms with Gasteiger partial charge >= 0.3 is 6.03 Å². The molecule has 0 spiro atoms. The molecule has 2 amide bonds. The van der Waals surface area contributed by atoms with Crippen molar-refractivity contribution in [3.8, 4) is 28.2 Å². The van der Waals surface area contributed by atoms with Gasteiger partial charge in [-0.25, -0.2) is 14.5 Å². The fourth-order valence-corrected chi connectivity index (χ4v) is 9.98. The van der Waals surface area contributed by atoms with Gasteiger partial charge in [0.05, 0.1) is 16.7 Å². The molecule has 1 fully saturated rings. The van der Waals surface area contributed by atoms with Gasteiger partial charge < -0.3 is 5.32 Å². The van der Waals surface area contributed by atoms with E-state index in [1.807, 2.05) is 27.8 Å². The van der Waals surface area contributed by atoms with Gasteiger partial charge in [0.1, 0.15) is 11.4 Å². The first-order chi connectivity index (χ1) is 32.0. The van der Waals surface area contributed by atoms with E-state index in [9.17, 15) is 4.79 Å². The Balaban J connectivity index is 1.16. The summed E-state index contributed by atoms with van der Waals surface area (Å²) in [6, 6.07) is 53.3. The molecule has 0 aliphatic heterocycles. The van der Waals surface area contributed by atoms with Crippen LogP contribution in [0.4, 0.5) is 10.5 Å². The molecule has 330 valence electrons. The van der Waals surface area contributed by atoms with Gasteiger partial charge in [-0.2, -0.15) is 0 Å². The number of aryl methyl sites for hydroxylation is 1. The molecule has 8 aromatic rings. The monoisotopic (exact) mass is 860 g/mol. The summed E-state index contributed by atoms with van der Waals surface area (Å²) in [4.78, 5) is 21.3. The summed E-state index contributed by atoms with van der Waals surface area (Å²) in [5.41, 5.74) is 10.3. The number of urea groups is 1. The second-order valence-electron chi connectivity index (χ2n) is 17.5. The average Bonchev–Trinajstić information content (AvgIpc) is 3.99. The number of hydrogen-bond donors (Lipinski definition) is 1. The number of nitrogens with zero attached hydrogens (tertiary/aromatic N) is 7. The number of benzene rings is 6. The summed E-state index contributed by atoms with van der Waals surface area (Å²) in [5.74, 6) is 1.67. The minimum absolute atomic E-state index is 0.000201. The van der Waals surface area contributed by atoms with E-state index >= 15 is 0 Å². The molecule has 0 radical (unpaired) electrons. The molecule has 1 N–H and O–H groups in total. The average molecular weight is 861 g/mol. The van der Waals surface area contributed by atoms with Crippen LogP contribution in [0.25, 0.3) is 39.2 Å². The first kappa shape index (κ1) is 43.4. The highest BCUT2D eigenvalue weighted by Crippen LogP contribution is 2.44. The molecule has 0 saturated heterocycles. The highest BCUT2D eigenvalue weighted by atomic mass is 16.2. The van der Waals surface area contributed by atoms with Crippen LogP contribution in [0.1, 0.15) is 106 Å². The number of imidazole rings is 1. The van der Waals surface area contributed by atoms with E-state index in [4.69, 9.17) is 15.3 Å². The van der Waals surface area contributed by atoms with E-state index in [0.29, 0.717) is 12.4 Å². The SMILES string of the molecule is CCCCCN(C(=O)NC1CCCCC1)c1ccc2c(c1)nc(CCCC)n2-c1cccc(-c2ccccc2-c2nnnn2C(c2ccccc2)(c2ccccc2)c2ccccc2)c1C. The zero-order valence-corrected chi connectivity index (χ0v) is 38.0. The lowest BCUT2D eigenvalue weighted by molar-refractivity contribution is 0.238. The number of anilines is 1. The van der Waals surface area contributed by atoms with Crippen molar-refractivity contribution in [1.82, 2.24) is 35.1 Å². The Labute approximate surface area is 383 Å². The van der Waals surface area contributed by atoms with Crippen molar-refractivity contribution in [2.75, 3.05) is 11.4 Å². The maximum atomic E-state index is 14.0. The summed E-state index contributed by atoms with van der Waals surface area (Å²) in [6.45, 7) is 7.31. The second-order valence-corrected chi connectivity index (χ2v) is 17.5. The first-order valence-electron chi connectivity index (χ1n) is 23.8. The Morgan fingerprint density at radius 1 is 0.692 bits per heavy atom. The molecule has 9 heteroatoms. The van der Waals surface area contributed by atoms with E-state index in [-0.39, 0.29) is 12.1 Å². The maximum Gasteiger partial charge on any atom is 0.322 e. The van der Waals surface area contributed by atoms with Crippen LogP contribution in [-0.2, 0) is 12.0 Å². The van der Waals surface area contributed by atoms with Crippen molar-refractivity contribution in [1.29, 1.82) is 0 Å². The Morgan fingerprint density at radius 3 is 1.95 bits per heavy atom. The molecule has 1 saturated carbocycles. The highest BCUT2D eigenvalue weighted by Gasteiger charge is 2.42. The number of tetrazole rings is 1. The van der Waals surface area contributed by atoms with Gasteiger partial charge in [0.25, 0.3) is 0 Å². The second kappa shape index (κ2) is 19.9. The molecule has 9 nitrogen and oxygen atoms in total. The molecule has 0 unspecified atom stereocenters. The lowest BCUT2D eigenvalue weighted by Gasteiger charge is -2.36. The number of amides is 2. The number of unbranched alkanes of at least 4 members (excludes halogenated alkanes) is 3. The van der Waals surface area contributed by atoms with Crippen molar-refractivity contribution < 1.29 is 4.79 Å². The quantitative estimate of drug-likeness (QED) is 0.0771. The number of carbonyl (C=O) groups excluding carboxylic acids is 1. The van der Waals surface area contributed by atoms with Gasteiger partial charge in [-0.05, 0) is 101 Å². The van der Waals surface area contributed by atoms with Gasteiger partial charge in [-0.3, -0.25) is 9.47 Å². The van der Waals surface area contributed by atoms with Crippen molar-refractivity contribution in [3.63, 3.8) is 0 Å². The molecule has 0 atom stereocenters. The van der Waals surface area contributed by atoms with Gasteiger partial charge in [0.2, 0.25) is 0 Å². The third kappa shape index (κ3) is 8.60. The third-order valence-electron chi connectivity index (χ3n) is 13.3. The molecule has 9 rings (SSSR count). The highest BCUT2D eigenvalue weighted by molar-refractivity contribution is 5.95. The van der Waals surface area contributed by atoms with Crippen LogP contribution in [0.5, 0.6) is 0 Å². The van der Waals surface area contributed by atoms with Gasteiger partial charge in [0, 0.05) is 30.3 Å². The molecule has 2 aromatic heterocycles. The largest absolute Gasteiger partial charge is 0.335 e. The van der Waals surface area contributed by atoms with Crippen LogP contribution in [0.2, 0.25) is 0 Å². The van der Waals surface area contributed by atoms with Crippen LogP contribution in [0.3, 0.4) is 0 Å². The van der Waals surface area contributed by atoms with Crippen LogP contribution in [-0.4, -0.2) is 48.4 Å². The summed E-state index contributed by atoms with van der Waals surface area (Å²) in [5, 5.41) is 17.6. The van der Waals surface area contributed by atoms with Crippen molar-refractivity contribution >= 4 is 22.8 Å². The zero-order valence-electron chi connectivity index (χ0n) is 38.0. The van der Waals surface area contributed by atoms with E-state index in [1.54, 1.807) is 0 Å². The van der Waals surface area contributed by atoms with E-state index in [1.165, 1.54) is 19.3 Å². The van der Waals surface area contributed by atoms with Crippen molar-refractivity contribution in [2.24, 2.45) is 0 Å². The number of rotatable bonds is 16. The summed E-state index contributed by atoms with van der Waals surface area (Å²) in [6.07, 6.45) is 11.7. The molecule has 6 aromatic carbocycles. The van der Waals surface area contributed by atoms with Crippen LogP contribution < -0.4 is 10.2 Å².